The number of halogens is 1. The van der Waals surface area contributed by atoms with E-state index in [0.717, 1.165) is 57.5 Å². The number of likely N-dealkylation sites (tertiary alicyclic amines) is 1. The fourth-order valence-electron chi connectivity index (χ4n) is 4.95. The Kier molecular flexibility index (Phi) is 5.34. The van der Waals surface area contributed by atoms with Crippen molar-refractivity contribution in [3.8, 4) is 0 Å². The van der Waals surface area contributed by atoms with Gasteiger partial charge in [0.1, 0.15) is 11.6 Å². The van der Waals surface area contributed by atoms with E-state index in [-0.39, 0.29) is 5.82 Å². The number of para-hydroxylation sites is 2. The molecule has 1 aromatic heterocycles. The molecule has 3 aromatic rings. The number of nitrogens with one attached hydrogen (secondary N) is 1. The molecule has 2 fully saturated rings. The summed E-state index contributed by atoms with van der Waals surface area (Å²) in [6, 6.07) is 16.1. The first-order valence-electron chi connectivity index (χ1n) is 10.9. The number of piperidine rings is 1. The molecule has 0 bridgehead atoms. The molecule has 3 heterocycles. The summed E-state index contributed by atoms with van der Waals surface area (Å²) < 4.78 is 15.7. The fourth-order valence-corrected chi connectivity index (χ4v) is 4.95. The molecule has 1 atom stereocenters. The lowest BCUT2D eigenvalue weighted by Crippen LogP contribution is -2.36. The van der Waals surface area contributed by atoms with E-state index in [1.165, 1.54) is 23.3 Å². The maximum Gasteiger partial charge on any atom is 0.123 e. The van der Waals surface area contributed by atoms with E-state index in [9.17, 15) is 4.39 Å². The molecule has 5 rings (SSSR count). The van der Waals surface area contributed by atoms with Crippen molar-refractivity contribution in [2.45, 2.75) is 37.6 Å². The van der Waals surface area contributed by atoms with Crippen molar-refractivity contribution in [1.82, 2.24) is 19.8 Å². The van der Waals surface area contributed by atoms with Gasteiger partial charge in [0.15, 0.2) is 0 Å². The minimum absolute atomic E-state index is 0.157. The van der Waals surface area contributed by atoms with Gasteiger partial charge < -0.3 is 14.8 Å². The standard InChI is InChI=1S/C24H29FN4/c25-20-7-5-18(6-8-20)10-14-28-15-11-21(12-16-28)29-23-4-2-1-3-22(23)27-24(29)19-9-13-26-17-19/h1-8,19,21,26H,9-17H2. The molecule has 152 valence electrons. The van der Waals surface area contributed by atoms with Gasteiger partial charge in [0.2, 0.25) is 0 Å². The number of imidazole rings is 1. The Bertz CT molecular complexity index is 951. The second-order valence-electron chi connectivity index (χ2n) is 8.47. The van der Waals surface area contributed by atoms with Crippen molar-refractivity contribution in [3.63, 3.8) is 0 Å². The molecule has 1 N–H and O–H groups in total. The zero-order valence-corrected chi connectivity index (χ0v) is 16.9. The molecule has 2 aromatic carbocycles. The van der Waals surface area contributed by atoms with Gasteiger partial charge in [0.05, 0.1) is 11.0 Å². The molecule has 5 heteroatoms. The summed E-state index contributed by atoms with van der Waals surface area (Å²) >= 11 is 0. The van der Waals surface area contributed by atoms with Crippen molar-refractivity contribution in [3.05, 3.63) is 65.7 Å². The van der Waals surface area contributed by atoms with Crippen LogP contribution in [0.2, 0.25) is 0 Å². The van der Waals surface area contributed by atoms with E-state index in [1.54, 1.807) is 12.1 Å². The topological polar surface area (TPSA) is 33.1 Å². The summed E-state index contributed by atoms with van der Waals surface area (Å²) in [7, 11) is 0. The number of aromatic nitrogens is 2. The van der Waals surface area contributed by atoms with Crippen LogP contribution in [0.4, 0.5) is 4.39 Å². The number of hydrogen-bond acceptors (Lipinski definition) is 3. The van der Waals surface area contributed by atoms with Gasteiger partial charge in [-0.3, -0.25) is 0 Å². The number of fused-ring (bicyclic) bond motifs is 1. The average molecular weight is 393 g/mol. The summed E-state index contributed by atoms with van der Waals surface area (Å²) in [5.74, 6) is 1.65. The van der Waals surface area contributed by atoms with Gasteiger partial charge in [-0.1, -0.05) is 24.3 Å². The van der Waals surface area contributed by atoms with Crippen LogP contribution in [0.1, 0.15) is 42.6 Å². The van der Waals surface area contributed by atoms with Gasteiger partial charge in [0.25, 0.3) is 0 Å². The van der Waals surface area contributed by atoms with Crippen LogP contribution in [0.3, 0.4) is 0 Å². The first-order chi connectivity index (χ1) is 14.3. The Morgan fingerprint density at radius 3 is 2.55 bits per heavy atom. The maximum atomic E-state index is 13.1. The molecule has 0 spiro atoms. The van der Waals surface area contributed by atoms with Crippen LogP contribution >= 0.6 is 0 Å². The van der Waals surface area contributed by atoms with Crippen molar-refractivity contribution < 1.29 is 4.39 Å². The summed E-state index contributed by atoms with van der Waals surface area (Å²) in [5, 5.41) is 3.50. The molecule has 2 saturated heterocycles. The van der Waals surface area contributed by atoms with Gasteiger partial charge in [-0.05, 0) is 62.1 Å². The molecular weight excluding hydrogens is 363 g/mol. The van der Waals surface area contributed by atoms with Crippen molar-refractivity contribution in [2.24, 2.45) is 0 Å². The Labute approximate surface area is 171 Å². The van der Waals surface area contributed by atoms with Crippen molar-refractivity contribution >= 4 is 11.0 Å². The Balaban J connectivity index is 1.28. The minimum atomic E-state index is -0.157. The number of rotatable bonds is 5. The van der Waals surface area contributed by atoms with E-state index in [1.807, 2.05) is 12.1 Å². The third kappa shape index (κ3) is 3.94. The van der Waals surface area contributed by atoms with Crippen LogP contribution in [0.25, 0.3) is 11.0 Å². The first-order valence-corrected chi connectivity index (χ1v) is 10.9. The lowest BCUT2D eigenvalue weighted by Gasteiger charge is -2.34. The lowest BCUT2D eigenvalue weighted by atomic mass is 10.0. The molecule has 4 nitrogen and oxygen atoms in total. The highest BCUT2D eigenvalue weighted by Crippen LogP contribution is 2.33. The highest BCUT2D eigenvalue weighted by Gasteiger charge is 2.29. The maximum absolute atomic E-state index is 13.1. The van der Waals surface area contributed by atoms with Crippen LogP contribution in [0.5, 0.6) is 0 Å². The zero-order valence-electron chi connectivity index (χ0n) is 16.9. The van der Waals surface area contributed by atoms with Crippen LogP contribution in [-0.2, 0) is 6.42 Å². The predicted octanol–water partition coefficient (Wildman–Crippen LogP) is 4.13. The van der Waals surface area contributed by atoms with Crippen LogP contribution in [-0.4, -0.2) is 47.2 Å². The smallest absolute Gasteiger partial charge is 0.123 e. The van der Waals surface area contributed by atoms with Crippen molar-refractivity contribution in [2.75, 3.05) is 32.7 Å². The Hall–Kier alpha value is -2.24. The normalized spacial score (nSPS) is 21.2. The monoisotopic (exact) mass is 392 g/mol. The van der Waals surface area contributed by atoms with Gasteiger partial charge in [-0.25, -0.2) is 9.37 Å². The fraction of sp³-hybridized carbons (Fsp3) is 0.458. The molecule has 1 unspecified atom stereocenters. The SMILES string of the molecule is Fc1ccc(CCN2CCC(n3c(C4CCNC4)nc4ccccc43)CC2)cc1. The molecule has 2 aliphatic rings. The molecule has 0 amide bonds. The van der Waals surface area contributed by atoms with E-state index in [2.05, 4.69) is 39.0 Å². The lowest BCUT2D eigenvalue weighted by molar-refractivity contribution is 0.188. The Morgan fingerprint density at radius 2 is 1.79 bits per heavy atom. The minimum Gasteiger partial charge on any atom is -0.324 e. The predicted molar refractivity (Wildman–Crippen MR) is 115 cm³/mol. The van der Waals surface area contributed by atoms with Gasteiger partial charge >= 0.3 is 0 Å². The van der Waals surface area contributed by atoms with Crippen molar-refractivity contribution in [1.29, 1.82) is 0 Å². The summed E-state index contributed by atoms with van der Waals surface area (Å²) in [5.41, 5.74) is 3.64. The third-order valence-electron chi connectivity index (χ3n) is 6.60. The molecule has 0 radical (unpaired) electrons. The van der Waals surface area contributed by atoms with E-state index in [0.29, 0.717) is 12.0 Å². The van der Waals surface area contributed by atoms with Crippen LogP contribution in [0.15, 0.2) is 48.5 Å². The summed E-state index contributed by atoms with van der Waals surface area (Å²) in [6.45, 7) is 5.40. The number of benzene rings is 2. The molecule has 0 aliphatic carbocycles. The molecule has 29 heavy (non-hydrogen) atoms. The van der Waals surface area contributed by atoms with Crippen LogP contribution in [0, 0.1) is 5.82 Å². The van der Waals surface area contributed by atoms with Gasteiger partial charge in [-0.15, -0.1) is 0 Å². The second-order valence-corrected chi connectivity index (χ2v) is 8.47. The third-order valence-corrected chi connectivity index (χ3v) is 6.60. The summed E-state index contributed by atoms with van der Waals surface area (Å²) in [4.78, 5) is 7.60. The van der Waals surface area contributed by atoms with E-state index >= 15 is 0 Å². The highest BCUT2D eigenvalue weighted by atomic mass is 19.1. The van der Waals surface area contributed by atoms with E-state index < -0.39 is 0 Å². The second kappa shape index (κ2) is 8.25. The van der Waals surface area contributed by atoms with Gasteiger partial charge in [-0.2, -0.15) is 0 Å². The largest absolute Gasteiger partial charge is 0.324 e. The molecule has 2 aliphatic heterocycles. The number of hydrogen-bond donors (Lipinski definition) is 1. The molecule has 0 saturated carbocycles. The van der Waals surface area contributed by atoms with Crippen LogP contribution < -0.4 is 5.32 Å². The first kappa shape index (κ1) is 18.8. The summed E-state index contributed by atoms with van der Waals surface area (Å²) in [6.07, 6.45) is 4.49. The highest BCUT2D eigenvalue weighted by molar-refractivity contribution is 5.76. The van der Waals surface area contributed by atoms with Gasteiger partial charge in [0, 0.05) is 38.1 Å². The zero-order chi connectivity index (χ0) is 19.6. The quantitative estimate of drug-likeness (QED) is 0.709. The number of nitrogens with zero attached hydrogens (tertiary/aromatic N) is 3. The average Bonchev–Trinajstić information content (AvgIpc) is 3.41. The molecular formula is C24H29FN4. The Morgan fingerprint density at radius 1 is 1.00 bits per heavy atom. The van der Waals surface area contributed by atoms with E-state index in [4.69, 9.17) is 4.98 Å².